The summed E-state index contributed by atoms with van der Waals surface area (Å²) in [6.45, 7) is 3.79. The Hall–Kier alpha value is -3.09. The quantitative estimate of drug-likeness (QED) is 0.643. The number of benzene rings is 1. The molecule has 5 rings (SSSR count). The fourth-order valence-corrected chi connectivity index (χ4v) is 4.83. The first-order chi connectivity index (χ1) is 15.2. The molecule has 0 aliphatic carbocycles. The van der Waals surface area contributed by atoms with Crippen LogP contribution in [0.15, 0.2) is 79.4 Å². The lowest BCUT2D eigenvalue weighted by atomic mass is 9.83. The second-order valence-corrected chi connectivity index (χ2v) is 8.32. The van der Waals surface area contributed by atoms with Crippen LogP contribution in [0, 0.1) is 0 Å². The molecule has 0 saturated carbocycles. The molecule has 6 heteroatoms. The van der Waals surface area contributed by atoms with E-state index in [1.54, 1.807) is 12.4 Å². The summed E-state index contributed by atoms with van der Waals surface area (Å²) in [6, 6.07) is 18.2. The summed E-state index contributed by atoms with van der Waals surface area (Å²) >= 11 is 0. The van der Waals surface area contributed by atoms with Gasteiger partial charge in [-0.1, -0.05) is 42.5 Å². The van der Waals surface area contributed by atoms with E-state index in [1.807, 2.05) is 47.6 Å². The van der Waals surface area contributed by atoms with Crippen molar-refractivity contribution in [2.75, 3.05) is 26.2 Å². The first-order valence-electron chi connectivity index (χ1n) is 10.7. The topological polar surface area (TPSA) is 58.6 Å². The number of pyridine rings is 2. The van der Waals surface area contributed by atoms with E-state index in [0.717, 1.165) is 29.8 Å². The molecule has 0 unspecified atom stereocenters. The van der Waals surface area contributed by atoms with Crippen molar-refractivity contribution in [1.29, 1.82) is 0 Å². The zero-order chi connectivity index (χ0) is 21.1. The van der Waals surface area contributed by atoms with Crippen molar-refractivity contribution in [3.63, 3.8) is 0 Å². The van der Waals surface area contributed by atoms with Crippen LogP contribution in [0.1, 0.15) is 22.6 Å². The fourth-order valence-electron chi connectivity index (χ4n) is 4.83. The third kappa shape index (κ3) is 3.96. The summed E-state index contributed by atoms with van der Waals surface area (Å²) in [6.07, 6.45) is 7.30. The first-order valence-corrected chi connectivity index (χ1v) is 10.7. The second kappa shape index (κ2) is 8.57. The highest BCUT2D eigenvalue weighted by Gasteiger charge is 2.56. The van der Waals surface area contributed by atoms with Crippen molar-refractivity contribution in [2.45, 2.75) is 24.6 Å². The van der Waals surface area contributed by atoms with Gasteiger partial charge in [-0.2, -0.15) is 0 Å². The van der Waals surface area contributed by atoms with E-state index in [4.69, 9.17) is 4.74 Å². The SMILES string of the molecule is O=C1N(Cc2ccccc2)CCO[C@@]12CN(Cc1cccnc1)C[C@@H]2c1cccnc1. The number of hydrogen-bond donors (Lipinski definition) is 0. The van der Waals surface area contributed by atoms with Gasteiger partial charge in [-0.25, -0.2) is 0 Å². The normalized spacial score (nSPS) is 24.1. The Morgan fingerprint density at radius 2 is 1.71 bits per heavy atom. The highest BCUT2D eigenvalue weighted by atomic mass is 16.5. The lowest BCUT2D eigenvalue weighted by Gasteiger charge is -2.42. The average Bonchev–Trinajstić information content (AvgIpc) is 3.17. The molecular weight excluding hydrogens is 388 g/mol. The van der Waals surface area contributed by atoms with Gasteiger partial charge < -0.3 is 9.64 Å². The van der Waals surface area contributed by atoms with E-state index < -0.39 is 5.60 Å². The van der Waals surface area contributed by atoms with Crippen LogP contribution in [0.2, 0.25) is 0 Å². The number of carbonyl (C=O) groups excluding carboxylic acids is 1. The molecule has 2 aliphatic rings. The lowest BCUT2D eigenvalue weighted by Crippen LogP contribution is -2.59. The van der Waals surface area contributed by atoms with Crippen molar-refractivity contribution in [3.05, 3.63) is 96.1 Å². The Morgan fingerprint density at radius 1 is 0.935 bits per heavy atom. The number of rotatable bonds is 5. The van der Waals surface area contributed by atoms with Crippen LogP contribution in [0.4, 0.5) is 0 Å². The predicted octanol–water partition coefficient (Wildman–Crippen LogP) is 2.87. The van der Waals surface area contributed by atoms with Gasteiger partial charge in [0, 0.05) is 63.4 Å². The molecule has 2 saturated heterocycles. The number of aromatic nitrogens is 2. The van der Waals surface area contributed by atoms with E-state index in [9.17, 15) is 4.79 Å². The number of carbonyl (C=O) groups is 1. The van der Waals surface area contributed by atoms with E-state index in [2.05, 4.69) is 39.1 Å². The van der Waals surface area contributed by atoms with Crippen LogP contribution in [-0.2, 0) is 22.6 Å². The summed E-state index contributed by atoms with van der Waals surface area (Å²) in [4.78, 5) is 26.7. The first kappa shape index (κ1) is 19.8. The molecule has 31 heavy (non-hydrogen) atoms. The van der Waals surface area contributed by atoms with Gasteiger partial charge in [-0.3, -0.25) is 19.7 Å². The van der Waals surface area contributed by atoms with E-state index in [0.29, 0.717) is 26.2 Å². The summed E-state index contributed by atoms with van der Waals surface area (Å²) in [5.41, 5.74) is 2.43. The Labute approximate surface area is 182 Å². The molecular formula is C25H26N4O2. The minimum Gasteiger partial charge on any atom is -0.361 e. The Bertz CT molecular complexity index is 1020. The van der Waals surface area contributed by atoms with Crippen molar-refractivity contribution < 1.29 is 9.53 Å². The van der Waals surface area contributed by atoms with Gasteiger partial charge in [-0.15, -0.1) is 0 Å². The standard InChI is InChI=1S/C25H26N4O2/c30-24-25(31-13-12-29(24)17-20-6-2-1-3-7-20)19-28(16-21-8-4-10-26-14-21)18-23(25)22-9-5-11-27-15-22/h1-11,14-15,23H,12-13,16-19H2/t23-,25-/m1/s1. The zero-order valence-electron chi connectivity index (χ0n) is 17.4. The highest BCUT2D eigenvalue weighted by Crippen LogP contribution is 2.42. The second-order valence-electron chi connectivity index (χ2n) is 8.32. The highest BCUT2D eigenvalue weighted by molar-refractivity contribution is 5.88. The molecule has 0 bridgehead atoms. The molecule has 2 fully saturated rings. The summed E-state index contributed by atoms with van der Waals surface area (Å²) < 4.78 is 6.37. The number of likely N-dealkylation sites (tertiary alicyclic amines) is 1. The van der Waals surface area contributed by atoms with Gasteiger partial charge in [0.1, 0.15) is 0 Å². The number of hydrogen-bond acceptors (Lipinski definition) is 5. The molecule has 1 spiro atoms. The fraction of sp³-hybridized carbons (Fsp3) is 0.320. The number of nitrogens with zero attached hydrogens (tertiary/aromatic N) is 4. The monoisotopic (exact) mass is 414 g/mol. The molecule has 2 aliphatic heterocycles. The smallest absolute Gasteiger partial charge is 0.257 e. The van der Waals surface area contributed by atoms with Gasteiger partial charge >= 0.3 is 0 Å². The van der Waals surface area contributed by atoms with Crippen LogP contribution < -0.4 is 0 Å². The minimum atomic E-state index is -0.891. The van der Waals surface area contributed by atoms with Crippen LogP contribution in [0.5, 0.6) is 0 Å². The van der Waals surface area contributed by atoms with Crippen LogP contribution in [0.3, 0.4) is 0 Å². The molecule has 1 amide bonds. The zero-order valence-corrected chi connectivity index (χ0v) is 17.4. The van der Waals surface area contributed by atoms with E-state index >= 15 is 0 Å². The molecule has 0 radical (unpaired) electrons. The van der Waals surface area contributed by atoms with E-state index in [-0.39, 0.29) is 11.8 Å². The molecule has 2 atom stereocenters. The average molecular weight is 415 g/mol. The Kier molecular flexibility index (Phi) is 5.49. The lowest BCUT2D eigenvalue weighted by molar-refractivity contribution is -0.173. The minimum absolute atomic E-state index is 0.0658. The summed E-state index contributed by atoms with van der Waals surface area (Å²) in [7, 11) is 0. The van der Waals surface area contributed by atoms with Crippen molar-refractivity contribution in [1.82, 2.24) is 19.8 Å². The van der Waals surface area contributed by atoms with Gasteiger partial charge in [0.25, 0.3) is 5.91 Å². The number of morpholine rings is 1. The van der Waals surface area contributed by atoms with Crippen LogP contribution in [0.25, 0.3) is 0 Å². The molecule has 6 nitrogen and oxygen atoms in total. The third-order valence-corrected chi connectivity index (χ3v) is 6.26. The molecule has 1 aromatic carbocycles. The summed E-state index contributed by atoms with van der Waals surface area (Å²) in [5.74, 6) is 0.00841. The van der Waals surface area contributed by atoms with Gasteiger partial charge in [0.2, 0.25) is 0 Å². The van der Waals surface area contributed by atoms with Crippen molar-refractivity contribution in [2.24, 2.45) is 0 Å². The largest absolute Gasteiger partial charge is 0.361 e. The van der Waals surface area contributed by atoms with Crippen LogP contribution in [-0.4, -0.2) is 57.5 Å². The molecule has 2 aromatic heterocycles. The molecule has 4 heterocycles. The molecule has 0 N–H and O–H groups in total. The van der Waals surface area contributed by atoms with E-state index in [1.165, 1.54) is 0 Å². The number of amides is 1. The molecule has 158 valence electrons. The number of ether oxygens (including phenoxy) is 1. The Balaban J connectivity index is 1.45. The predicted molar refractivity (Wildman–Crippen MR) is 117 cm³/mol. The maximum absolute atomic E-state index is 13.9. The van der Waals surface area contributed by atoms with Gasteiger partial charge in [0.05, 0.1) is 6.61 Å². The van der Waals surface area contributed by atoms with Crippen molar-refractivity contribution >= 4 is 5.91 Å². The molecule has 3 aromatic rings. The van der Waals surface area contributed by atoms with Crippen LogP contribution >= 0.6 is 0 Å². The summed E-state index contributed by atoms with van der Waals surface area (Å²) in [5, 5.41) is 0. The maximum atomic E-state index is 13.9. The van der Waals surface area contributed by atoms with Gasteiger partial charge in [0.15, 0.2) is 5.60 Å². The van der Waals surface area contributed by atoms with Gasteiger partial charge in [-0.05, 0) is 28.8 Å². The Morgan fingerprint density at radius 3 is 2.45 bits per heavy atom. The maximum Gasteiger partial charge on any atom is 0.257 e. The van der Waals surface area contributed by atoms with Crippen molar-refractivity contribution in [3.8, 4) is 0 Å². The third-order valence-electron chi connectivity index (χ3n) is 6.26.